The van der Waals surface area contributed by atoms with E-state index in [0.717, 1.165) is 0 Å². The highest BCUT2D eigenvalue weighted by Gasteiger charge is 2.42. The van der Waals surface area contributed by atoms with Gasteiger partial charge >= 0.3 is 5.97 Å². The summed E-state index contributed by atoms with van der Waals surface area (Å²) in [5.41, 5.74) is 0.624. The summed E-state index contributed by atoms with van der Waals surface area (Å²) < 4.78 is 47.1. The molecule has 1 unspecified atom stereocenters. The number of aliphatic hydroxyl groups is 1. The van der Waals surface area contributed by atoms with Crippen molar-refractivity contribution in [3.63, 3.8) is 0 Å². The van der Waals surface area contributed by atoms with Crippen LogP contribution in [0.3, 0.4) is 0 Å². The van der Waals surface area contributed by atoms with Gasteiger partial charge in [-0.05, 0) is 48.4 Å². The third kappa shape index (κ3) is 10.5. The van der Waals surface area contributed by atoms with Crippen LogP contribution >= 0.6 is 0 Å². The van der Waals surface area contributed by atoms with Gasteiger partial charge in [-0.2, -0.15) is 0 Å². The van der Waals surface area contributed by atoms with E-state index in [4.69, 9.17) is 42.7 Å². The maximum Gasteiger partial charge on any atom is 0.303 e. The number of anilines is 1. The van der Waals surface area contributed by atoms with Gasteiger partial charge in [0, 0.05) is 59.3 Å². The van der Waals surface area contributed by atoms with Crippen molar-refractivity contribution in [2.75, 3.05) is 65.5 Å². The number of hydrogen-bond acceptors (Lipinski definition) is 12. The van der Waals surface area contributed by atoms with E-state index in [-0.39, 0.29) is 17.6 Å². The van der Waals surface area contributed by atoms with Crippen molar-refractivity contribution in [3.05, 3.63) is 88.5 Å². The molecule has 1 atom stereocenters. The molecule has 2 fully saturated rings. The Morgan fingerprint density at radius 2 is 1.36 bits per heavy atom. The Morgan fingerprint density at radius 1 is 0.836 bits per heavy atom. The van der Waals surface area contributed by atoms with Gasteiger partial charge < -0.3 is 52.7 Å². The highest BCUT2D eigenvalue weighted by molar-refractivity contribution is 5.95. The third-order valence-electron chi connectivity index (χ3n) is 9.11. The summed E-state index contributed by atoms with van der Waals surface area (Å²) in [6.07, 6.45) is -0.762. The molecule has 0 aromatic heterocycles. The molecule has 1 N–H and O–H groups in total. The Hall–Kier alpha value is -4.37. The first-order chi connectivity index (χ1) is 26.2. The average molecular weight is 766 g/mol. The smallest absolute Gasteiger partial charge is 0.303 e. The molecule has 2 aliphatic heterocycles. The minimum absolute atomic E-state index is 0.0985. The van der Waals surface area contributed by atoms with Crippen LogP contribution in [0.4, 0.5) is 5.69 Å². The van der Waals surface area contributed by atoms with Gasteiger partial charge in [0.2, 0.25) is 0 Å². The summed E-state index contributed by atoms with van der Waals surface area (Å²) in [5.74, 6) is -0.255. The second kappa shape index (κ2) is 19.0. The fourth-order valence-corrected chi connectivity index (χ4v) is 6.37. The van der Waals surface area contributed by atoms with Crippen LogP contribution in [0.15, 0.2) is 60.7 Å². The summed E-state index contributed by atoms with van der Waals surface area (Å²) in [6.45, 7) is 15.2. The first-order valence-electron chi connectivity index (χ1n) is 18.2. The molecular formula is C42H55NO12. The van der Waals surface area contributed by atoms with E-state index in [1.165, 1.54) is 26.0 Å². The molecule has 2 heterocycles. The van der Waals surface area contributed by atoms with Crippen LogP contribution in [-0.4, -0.2) is 84.4 Å². The van der Waals surface area contributed by atoms with Crippen LogP contribution in [0.1, 0.15) is 88.4 Å². The molecule has 0 saturated carbocycles. The number of nitrogens with zero attached hydrogens (tertiary/aromatic N) is 1. The molecule has 5 rings (SSSR count). The largest absolute Gasteiger partial charge is 0.496 e. The Morgan fingerprint density at radius 3 is 1.85 bits per heavy atom. The lowest BCUT2D eigenvalue weighted by Crippen LogP contribution is -2.36. The van der Waals surface area contributed by atoms with Crippen LogP contribution in [0.25, 0.3) is 0 Å². The van der Waals surface area contributed by atoms with E-state index in [1.54, 1.807) is 42.5 Å². The Labute approximate surface area is 323 Å². The molecule has 0 spiro atoms. The number of esters is 1. The number of carbonyl (C=O) groups is 3. The van der Waals surface area contributed by atoms with Gasteiger partial charge in [0.25, 0.3) is 5.91 Å². The molecule has 1 amide bonds. The lowest BCUT2D eigenvalue weighted by molar-refractivity contribution is -0.226. The van der Waals surface area contributed by atoms with E-state index in [1.807, 2.05) is 31.9 Å². The molecule has 300 valence electrons. The number of carbonyl (C=O) groups excluding carboxylic acids is 3. The fraction of sp³-hybridized carbons (Fsp3) is 0.500. The predicted molar refractivity (Wildman–Crippen MR) is 204 cm³/mol. The lowest BCUT2D eigenvalue weighted by Gasteiger charge is -2.37. The molecule has 2 saturated heterocycles. The predicted octanol–water partition coefficient (Wildman–Crippen LogP) is 6.23. The van der Waals surface area contributed by atoms with Crippen LogP contribution in [0.5, 0.6) is 11.5 Å². The Balaban J connectivity index is 0.00000331. The molecule has 13 heteroatoms. The summed E-state index contributed by atoms with van der Waals surface area (Å²) in [6, 6.07) is 17.9. The van der Waals surface area contributed by atoms with Crippen molar-refractivity contribution in [2.24, 2.45) is 10.8 Å². The number of hydrogen-bond donors (Lipinski definition) is 1. The molecule has 13 nitrogen and oxygen atoms in total. The molecule has 0 radical (unpaired) electrons. The monoisotopic (exact) mass is 765 g/mol. The highest BCUT2D eigenvalue weighted by Crippen LogP contribution is 2.48. The van der Waals surface area contributed by atoms with Crippen molar-refractivity contribution in [1.29, 1.82) is 0 Å². The Kier molecular flexibility index (Phi) is 15.0. The first-order valence-corrected chi connectivity index (χ1v) is 18.2. The lowest BCUT2D eigenvalue weighted by atomic mass is 9.78. The molecule has 3 aromatic carbocycles. The second-order valence-electron chi connectivity index (χ2n) is 15.1. The van der Waals surface area contributed by atoms with Crippen molar-refractivity contribution >= 4 is 24.4 Å². The molecule has 2 aliphatic rings. The van der Waals surface area contributed by atoms with Gasteiger partial charge in [0.1, 0.15) is 23.9 Å². The van der Waals surface area contributed by atoms with E-state index in [0.29, 0.717) is 84.4 Å². The van der Waals surface area contributed by atoms with Gasteiger partial charge in [-0.1, -0.05) is 58.9 Å². The number of benzene rings is 3. The zero-order chi connectivity index (χ0) is 40.4. The number of ether oxygens (including phenoxy) is 8. The zero-order valence-corrected chi connectivity index (χ0v) is 33.2. The molecular weight excluding hydrogens is 710 g/mol. The molecule has 0 aliphatic carbocycles. The average Bonchev–Trinajstić information content (AvgIpc) is 3.18. The zero-order valence-electron chi connectivity index (χ0n) is 33.2. The first kappa shape index (κ1) is 43.4. The summed E-state index contributed by atoms with van der Waals surface area (Å²) in [5, 5.41) is 13.6. The van der Waals surface area contributed by atoms with Gasteiger partial charge in [0.05, 0.1) is 33.5 Å². The third-order valence-corrected chi connectivity index (χ3v) is 9.11. The van der Waals surface area contributed by atoms with Gasteiger partial charge in [-0.15, -0.1) is 0 Å². The molecule has 0 bridgehead atoms. The van der Waals surface area contributed by atoms with Gasteiger partial charge in [-0.3, -0.25) is 9.59 Å². The maximum atomic E-state index is 13.6. The standard InChI is InChI=1S/C41H53NO11.CH2O/c1-9-17-42(36(44)21-48-27(2)43)31-12-10-11-30(20-31)41(45,32-18-28(13-15-34(32)47-8)37-49-22-39(3,4)23-50-37)33-19-29(14-16-35(33)53-26-46-7)38-51-24-40(5,6)25-52-38;1-2/h10-16,18-20,37-38,45H,9,17,21-26H2,1-8H3;1H2. The molecule has 3 aromatic rings. The summed E-state index contributed by atoms with van der Waals surface area (Å²) in [4.78, 5) is 34.5. The maximum absolute atomic E-state index is 13.6. The fourth-order valence-electron chi connectivity index (χ4n) is 6.37. The number of amides is 1. The minimum Gasteiger partial charge on any atom is -0.496 e. The van der Waals surface area contributed by atoms with Gasteiger partial charge in [-0.25, -0.2) is 0 Å². The van der Waals surface area contributed by atoms with Crippen molar-refractivity contribution < 1.29 is 57.4 Å². The van der Waals surface area contributed by atoms with Gasteiger partial charge in [0.15, 0.2) is 26.0 Å². The van der Waals surface area contributed by atoms with Crippen molar-refractivity contribution in [1.82, 2.24) is 0 Å². The van der Waals surface area contributed by atoms with Crippen LogP contribution in [-0.2, 0) is 48.4 Å². The SMILES string of the molecule is C=O.CCCN(C(=O)COC(C)=O)c1cccc(C(O)(c2cc(C3OCC(C)(C)CO3)ccc2OC)c2cc(C3OCC(C)(C)CO3)ccc2OCOC)c1. The number of rotatable bonds is 14. The van der Waals surface area contributed by atoms with Crippen molar-refractivity contribution in [3.8, 4) is 11.5 Å². The van der Waals surface area contributed by atoms with Crippen LogP contribution in [0, 0.1) is 10.8 Å². The quantitative estimate of drug-likeness (QED) is 0.113. The van der Waals surface area contributed by atoms with E-state index in [2.05, 4.69) is 27.7 Å². The molecule has 55 heavy (non-hydrogen) atoms. The van der Waals surface area contributed by atoms with Crippen LogP contribution < -0.4 is 14.4 Å². The van der Waals surface area contributed by atoms with Crippen molar-refractivity contribution in [2.45, 2.75) is 66.1 Å². The highest BCUT2D eigenvalue weighted by atomic mass is 16.7. The normalized spacial score (nSPS) is 17.9. The van der Waals surface area contributed by atoms with E-state index in [9.17, 15) is 14.7 Å². The second-order valence-corrected chi connectivity index (χ2v) is 15.1. The Bertz CT molecular complexity index is 1740. The number of methoxy groups -OCH3 is 2. The minimum atomic E-state index is -1.99. The summed E-state index contributed by atoms with van der Waals surface area (Å²) >= 11 is 0. The topological polar surface area (TPSA) is 149 Å². The summed E-state index contributed by atoms with van der Waals surface area (Å²) in [7, 11) is 3.05. The van der Waals surface area contributed by atoms with Crippen LogP contribution in [0.2, 0.25) is 0 Å². The van der Waals surface area contributed by atoms with E-state index < -0.39 is 36.7 Å². The van der Waals surface area contributed by atoms with E-state index >= 15 is 0 Å².